The molecule has 154 valence electrons. The van der Waals surface area contributed by atoms with Crippen molar-refractivity contribution in [3.05, 3.63) is 83.4 Å². The Hall–Kier alpha value is -3.21. The van der Waals surface area contributed by atoms with Crippen LogP contribution in [0.3, 0.4) is 0 Å². The largest absolute Gasteiger partial charge is 0.497 e. The summed E-state index contributed by atoms with van der Waals surface area (Å²) >= 11 is 0. The van der Waals surface area contributed by atoms with Crippen LogP contribution in [0.25, 0.3) is 11.1 Å². The molecular weight excluding hydrogens is 379 g/mol. The Morgan fingerprint density at radius 1 is 1.10 bits per heavy atom. The number of rotatable bonds is 5. The summed E-state index contributed by atoms with van der Waals surface area (Å²) < 4.78 is 18.5. The van der Waals surface area contributed by atoms with E-state index in [2.05, 4.69) is 0 Å². The van der Waals surface area contributed by atoms with Crippen LogP contribution >= 0.6 is 0 Å². The van der Waals surface area contributed by atoms with Crippen LogP contribution in [0.15, 0.2) is 60.7 Å². The Morgan fingerprint density at radius 2 is 1.83 bits per heavy atom. The van der Waals surface area contributed by atoms with Gasteiger partial charge in [-0.3, -0.25) is 9.78 Å². The lowest BCUT2D eigenvalue weighted by atomic mass is 10.0. The molecule has 30 heavy (non-hydrogen) atoms. The highest BCUT2D eigenvalue weighted by Crippen LogP contribution is 2.34. The van der Waals surface area contributed by atoms with Gasteiger partial charge in [0.05, 0.1) is 25.3 Å². The van der Waals surface area contributed by atoms with Crippen LogP contribution in [0, 0.1) is 12.7 Å². The SMILES string of the molecule is COc1ccc(CC(=O)N2CCC[C@H]2c2cc(-c3ccc(F)cc3)cc(C)n2)cc1. The highest BCUT2D eigenvalue weighted by Gasteiger charge is 2.31. The van der Waals surface area contributed by atoms with Gasteiger partial charge in [-0.2, -0.15) is 0 Å². The number of carbonyl (C=O) groups is 1. The fraction of sp³-hybridized carbons (Fsp3) is 0.280. The number of pyridine rings is 1. The lowest BCUT2D eigenvalue weighted by molar-refractivity contribution is -0.131. The number of hydrogen-bond donors (Lipinski definition) is 0. The van der Waals surface area contributed by atoms with Gasteiger partial charge in [0.1, 0.15) is 11.6 Å². The van der Waals surface area contributed by atoms with E-state index in [4.69, 9.17) is 9.72 Å². The van der Waals surface area contributed by atoms with E-state index >= 15 is 0 Å². The Labute approximate surface area is 176 Å². The summed E-state index contributed by atoms with van der Waals surface area (Å²) in [5, 5.41) is 0. The van der Waals surface area contributed by atoms with Crippen molar-refractivity contribution in [2.75, 3.05) is 13.7 Å². The van der Waals surface area contributed by atoms with Gasteiger partial charge in [-0.25, -0.2) is 4.39 Å². The minimum absolute atomic E-state index is 0.0325. The highest BCUT2D eigenvalue weighted by atomic mass is 19.1. The molecule has 0 bridgehead atoms. The van der Waals surface area contributed by atoms with E-state index in [1.54, 1.807) is 19.2 Å². The van der Waals surface area contributed by atoms with Crippen molar-refractivity contribution in [1.82, 2.24) is 9.88 Å². The Kier molecular flexibility index (Phi) is 5.79. The van der Waals surface area contributed by atoms with Crippen molar-refractivity contribution >= 4 is 5.91 Å². The van der Waals surface area contributed by atoms with Gasteiger partial charge in [0.15, 0.2) is 0 Å². The van der Waals surface area contributed by atoms with E-state index < -0.39 is 0 Å². The molecule has 1 atom stereocenters. The van der Waals surface area contributed by atoms with Gasteiger partial charge in [-0.1, -0.05) is 24.3 Å². The average Bonchev–Trinajstić information content (AvgIpc) is 3.24. The lowest BCUT2D eigenvalue weighted by Crippen LogP contribution is -2.32. The first kappa shape index (κ1) is 20.1. The number of amides is 1. The molecule has 2 heterocycles. The molecule has 1 aliphatic rings. The van der Waals surface area contributed by atoms with E-state index in [9.17, 15) is 9.18 Å². The Bertz CT molecular complexity index is 1030. The van der Waals surface area contributed by atoms with Gasteiger partial charge in [-0.05, 0) is 72.9 Å². The Morgan fingerprint density at radius 3 is 2.53 bits per heavy atom. The number of aromatic nitrogens is 1. The van der Waals surface area contributed by atoms with Gasteiger partial charge in [0.2, 0.25) is 5.91 Å². The normalized spacial score (nSPS) is 16.0. The molecule has 1 aliphatic heterocycles. The van der Waals surface area contributed by atoms with Gasteiger partial charge < -0.3 is 9.64 Å². The van der Waals surface area contributed by atoms with Crippen molar-refractivity contribution in [3.8, 4) is 16.9 Å². The van der Waals surface area contributed by atoms with E-state index in [1.165, 1.54) is 12.1 Å². The van der Waals surface area contributed by atoms with Gasteiger partial charge in [-0.15, -0.1) is 0 Å². The molecule has 0 N–H and O–H groups in total. The maximum Gasteiger partial charge on any atom is 0.227 e. The number of methoxy groups -OCH3 is 1. The van der Waals surface area contributed by atoms with E-state index in [-0.39, 0.29) is 17.8 Å². The van der Waals surface area contributed by atoms with Crippen molar-refractivity contribution in [1.29, 1.82) is 0 Å². The van der Waals surface area contributed by atoms with Gasteiger partial charge in [0, 0.05) is 12.2 Å². The molecule has 0 spiro atoms. The molecule has 3 aromatic rings. The zero-order chi connectivity index (χ0) is 21.1. The summed E-state index contributed by atoms with van der Waals surface area (Å²) in [4.78, 5) is 19.7. The van der Waals surface area contributed by atoms with Crippen LogP contribution in [-0.2, 0) is 11.2 Å². The molecule has 0 aliphatic carbocycles. The van der Waals surface area contributed by atoms with Crippen molar-refractivity contribution < 1.29 is 13.9 Å². The van der Waals surface area contributed by atoms with Gasteiger partial charge in [0.25, 0.3) is 0 Å². The first-order valence-corrected chi connectivity index (χ1v) is 10.2. The second-order valence-electron chi connectivity index (χ2n) is 7.70. The van der Waals surface area contributed by atoms with Crippen LogP contribution in [0.1, 0.15) is 35.8 Å². The minimum Gasteiger partial charge on any atom is -0.497 e. The summed E-state index contributed by atoms with van der Waals surface area (Å²) in [7, 11) is 1.63. The maximum atomic E-state index is 13.3. The average molecular weight is 404 g/mol. The minimum atomic E-state index is -0.254. The third-order valence-electron chi connectivity index (χ3n) is 5.58. The second kappa shape index (κ2) is 8.66. The summed E-state index contributed by atoms with van der Waals surface area (Å²) in [6, 6.07) is 18.1. The number of hydrogen-bond acceptors (Lipinski definition) is 3. The predicted molar refractivity (Wildman–Crippen MR) is 115 cm³/mol. The standard InChI is InChI=1S/C25H25FN2O2/c1-17-14-20(19-7-9-21(26)10-8-19)16-23(27-17)24-4-3-13-28(24)25(29)15-18-5-11-22(30-2)12-6-18/h5-12,14,16,24H,3-4,13,15H2,1-2H3/t24-/m0/s1. The Balaban J connectivity index is 1.56. The molecule has 1 amide bonds. The first-order chi connectivity index (χ1) is 14.5. The van der Waals surface area contributed by atoms with Crippen LogP contribution in [0.5, 0.6) is 5.75 Å². The molecule has 4 nitrogen and oxygen atoms in total. The summed E-state index contributed by atoms with van der Waals surface area (Å²) in [6.07, 6.45) is 2.21. The molecule has 2 aromatic carbocycles. The number of aryl methyl sites for hydroxylation is 1. The third kappa shape index (κ3) is 4.35. The molecular formula is C25H25FN2O2. The fourth-order valence-electron chi connectivity index (χ4n) is 4.07. The number of likely N-dealkylation sites (tertiary alicyclic amines) is 1. The van der Waals surface area contributed by atoms with Gasteiger partial charge >= 0.3 is 0 Å². The lowest BCUT2D eigenvalue weighted by Gasteiger charge is -2.25. The number of benzene rings is 2. The van der Waals surface area contributed by atoms with E-state index in [0.717, 1.165) is 53.2 Å². The topological polar surface area (TPSA) is 42.4 Å². The zero-order valence-corrected chi connectivity index (χ0v) is 17.3. The fourth-order valence-corrected chi connectivity index (χ4v) is 4.07. The zero-order valence-electron chi connectivity index (χ0n) is 17.3. The van der Waals surface area contributed by atoms with Crippen LogP contribution in [-0.4, -0.2) is 29.4 Å². The monoisotopic (exact) mass is 404 g/mol. The van der Waals surface area contributed by atoms with Crippen molar-refractivity contribution in [2.24, 2.45) is 0 Å². The number of ether oxygens (including phenoxy) is 1. The number of nitrogens with zero attached hydrogens (tertiary/aromatic N) is 2. The number of halogens is 1. The summed E-state index contributed by atoms with van der Waals surface area (Å²) in [6.45, 7) is 2.69. The number of carbonyl (C=O) groups excluding carboxylic acids is 1. The molecule has 1 aromatic heterocycles. The van der Waals surface area contributed by atoms with E-state index in [0.29, 0.717) is 6.42 Å². The molecule has 4 rings (SSSR count). The first-order valence-electron chi connectivity index (χ1n) is 10.2. The molecule has 0 unspecified atom stereocenters. The van der Waals surface area contributed by atoms with Crippen molar-refractivity contribution in [3.63, 3.8) is 0 Å². The molecule has 0 saturated carbocycles. The predicted octanol–water partition coefficient (Wildman–Crippen LogP) is 5.11. The molecule has 1 fully saturated rings. The van der Waals surface area contributed by atoms with Crippen LogP contribution in [0.4, 0.5) is 4.39 Å². The smallest absolute Gasteiger partial charge is 0.227 e. The van der Waals surface area contributed by atoms with Crippen molar-refractivity contribution in [2.45, 2.75) is 32.2 Å². The molecule has 0 radical (unpaired) electrons. The maximum absolute atomic E-state index is 13.3. The van der Waals surface area contributed by atoms with E-state index in [1.807, 2.05) is 48.2 Å². The van der Waals surface area contributed by atoms with Crippen LogP contribution < -0.4 is 4.74 Å². The summed E-state index contributed by atoms with van der Waals surface area (Å²) in [5.41, 5.74) is 4.69. The quantitative estimate of drug-likeness (QED) is 0.593. The van der Waals surface area contributed by atoms with Crippen LogP contribution in [0.2, 0.25) is 0 Å². The highest BCUT2D eigenvalue weighted by molar-refractivity contribution is 5.79. The third-order valence-corrected chi connectivity index (χ3v) is 5.58. The second-order valence-corrected chi connectivity index (χ2v) is 7.70. The molecule has 1 saturated heterocycles. The summed E-state index contributed by atoms with van der Waals surface area (Å²) in [5.74, 6) is 0.632. The molecule has 5 heteroatoms.